The monoisotopic (exact) mass is 398 g/mol. The average Bonchev–Trinajstić information content (AvgIpc) is 3.27. The Balaban J connectivity index is 1.94. The van der Waals surface area contributed by atoms with E-state index in [0.717, 1.165) is 62.5 Å². The van der Waals surface area contributed by atoms with Crippen LogP contribution in [0, 0.1) is 12.8 Å². The summed E-state index contributed by atoms with van der Waals surface area (Å²) in [6.45, 7) is 4.84. The highest BCUT2D eigenvalue weighted by Crippen LogP contribution is 2.35. The van der Waals surface area contributed by atoms with Crippen LogP contribution in [-0.4, -0.2) is 35.3 Å². The third kappa shape index (κ3) is 5.40. The van der Waals surface area contributed by atoms with Crippen molar-refractivity contribution in [3.05, 3.63) is 35.4 Å². The Morgan fingerprint density at radius 1 is 1.03 bits per heavy atom. The topological polar surface area (TPSA) is 49.4 Å². The number of nitrogens with one attached hydrogen (secondary N) is 1. The summed E-state index contributed by atoms with van der Waals surface area (Å²) < 4.78 is 0. The fourth-order valence-corrected chi connectivity index (χ4v) is 5.16. The fourth-order valence-electron chi connectivity index (χ4n) is 5.16. The van der Waals surface area contributed by atoms with Crippen LogP contribution in [0.3, 0.4) is 0 Å². The highest BCUT2D eigenvalue weighted by atomic mass is 16.2. The second-order valence-corrected chi connectivity index (χ2v) is 8.95. The number of hydrogen-bond donors (Lipinski definition) is 1. The number of amides is 2. The molecular weight excluding hydrogens is 360 g/mol. The molecule has 1 aromatic carbocycles. The number of hydrogen-bond acceptors (Lipinski definition) is 2. The molecule has 2 fully saturated rings. The van der Waals surface area contributed by atoms with Crippen LogP contribution in [0.4, 0.5) is 0 Å². The van der Waals surface area contributed by atoms with Crippen molar-refractivity contribution < 1.29 is 9.59 Å². The van der Waals surface area contributed by atoms with Crippen LogP contribution in [0.5, 0.6) is 0 Å². The molecule has 2 aliphatic rings. The lowest BCUT2D eigenvalue weighted by atomic mass is 9.88. The van der Waals surface area contributed by atoms with Gasteiger partial charge >= 0.3 is 0 Å². The van der Waals surface area contributed by atoms with Crippen LogP contribution in [0.15, 0.2) is 24.3 Å². The lowest BCUT2D eigenvalue weighted by Crippen LogP contribution is -2.57. The molecule has 160 valence electrons. The minimum absolute atomic E-state index is 0.0533. The number of aryl methyl sites for hydroxylation is 1. The van der Waals surface area contributed by atoms with E-state index in [2.05, 4.69) is 12.2 Å². The molecule has 1 atom stereocenters. The fraction of sp³-hybridized carbons (Fsp3) is 0.680. The summed E-state index contributed by atoms with van der Waals surface area (Å²) in [4.78, 5) is 29.3. The third-order valence-corrected chi connectivity index (χ3v) is 6.82. The Morgan fingerprint density at radius 3 is 2.34 bits per heavy atom. The second-order valence-electron chi connectivity index (χ2n) is 8.95. The largest absolute Gasteiger partial charge is 0.354 e. The zero-order valence-corrected chi connectivity index (χ0v) is 18.3. The van der Waals surface area contributed by atoms with Crippen molar-refractivity contribution in [1.82, 2.24) is 10.2 Å². The van der Waals surface area contributed by atoms with Crippen molar-refractivity contribution in [2.45, 2.75) is 96.6 Å². The number of rotatable bonds is 8. The van der Waals surface area contributed by atoms with Crippen molar-refractivity contribution in [2.24, 2.45) is 5.92 Å². The molecule has 1 aromatic rings. The second kappa shape index (κ2) is 10.8. The first-order valence-electron chi connectivity index (χ1n) is 11.8. The molecule has 1 unspecified atom stereocenters. The maximum absolute atomic E-state index is 13.8. The Hall–Kier alpha value is -1.84. The Labute approximate surface area is 176 Å². The minimum Gasteiger partial charge on any atom is -0.354 e. The van der Waals surface area contributed by atoms with E-state index in [0.29, 0.717) is 6.54 Å². The summed E-state index contributed by atoms with van der Waals surface area (Å²) >= 11 is 0. The molecule has 0 aromatic heterocycles. The summed E-state index contributed by atoms with van der Waals surface area (Å²) in [7, 11) is 0. The van der Waals surface area contributed by atoms with Crippen molar-refractivity contribution in [3.63, 3.8) is 0 Å². The van der Waals surface area contributed by atoms with Gasteiger partial charge in [0.05, 0.1) is 0 Å². The van der Waals surface area contributed by atoms with Gasteiger partial charge in [0.1, 0.15) is 6.04 Å². The van der Waals surface area contributed by atoms with Crippen molar-refractivity contribution in [2.75, 3.05) is 6.54 Å². The molecule has 0 spiro atoms. The van der Waals surface area contributed by atoms with Crippen molar-refractivity contribution in [1.29, 1.82) is 0 Å². The third-order valence-electron chi connectivity index (χ3n) is 6.82. The van der Waals surface area contributed by atoms with Gasteiger partial charge in [0, 0.05) is 18.2 Å². The van der Waals surface area contributed by atoms with Crippen LogP contribution < -0.4 is 5.32 Å². The highest BCUT2D eigenvalue weighted by Gasteiger charge is 2.41. The zero-order chi connectivity index (χ0) is 20.6. The van der Waals surface area contributed by atoms with Gasteiger partial charge in [-0.15, -0.1) is 0 Å². The van der Waals surface area contributed by atoms with Crippen LogP contribution in [0.25, 0.3) is 0 Å². The molecule has 0 aliphatic heterocycles. The number of carbonyl (C=O) groups is 2. The van der Waals surface area contributed by atoms with Crippen LogP contribution >= 0.6 is 0 Å². The number of nitrogens with zero attached hydrogens (tertiary/aromatic N) is 1. The summed E-state index contributed by atoms with van der Waals surface area (Å²) in [5.74, 6) is 0.405. The van der Waals surface area contributed by atoms with Gasteiger partial charge in [-0.2, -0.15) is 0 Å². The first-order chi connectivity index (χ1) is 14.1. The Morgan fingerprint density at radius 2 is 1.69 bits per heavy atom. The maximum Gasteiger partial charge on any atom is 0.255 e. The smallest absolute Gasteiger partial charge is 0.255 e. The summed E-state index contributed by atoms with van der Waals surface area (Å²) in [6, 6.07) is 7.68. The number of unbranched alkanes of at least 4 members (excludes halogenated alkanes) is 1. The number of carbonyl (C=O) groups excluding carboxylic acids is 2. The highest BCUT2D eigenvalue weighted by molar-refractivity contribution is 5.99. The molecule has 2 saturated carbocycles. The lowest BCUT2D eigenvalue weighted by Gasteiger charge is -2.42. The van der Waals surface area contributed by atoms with Gasteiger partial charge in [-0.1, -0.05) is 63.6 Å². The molecule has 4 heteroatoms. The van der Waals surface area contributed by atoms with Gasteiger partial charge < -0.3 is 10.2 Å². The van der Waals surface area contributed by atoms with Gasteiger partial charge in [-0.3, -0.25) is 9.59 Å². The predicted octanol–water partition coefficient (Wildman–Crippen LogP) is 5.25. The van der Waals surface area contributed by atoms with E-state index < -0.39 is 0 Å². The first kappa shape index (κ1) is 21.9. The summed E-state index contributed by atoms with van der Waals surface area (Å²) in [5.41, 5.74) is 1.75. The van der Waals surface area contributed by atoms with Gasteiger partial charge in [0.2, 0.25) is 5.91 Å². The summed E-state index contributed by atoms with van der Waals surface area (Å²) in [6.07, 6.45) is 12.0. The quantitative estimate of drug-likeness (QED) is 0.608. The zero-order valence-electron chi connectivity index (χ0n) is 18.3. The van der Waals surface area contributed by atoms with Crippen LogP contribution in [-0.2, 0) is 4.79 Å². The molecule has 2 aliphatic carbocycles. The predicted molar refractivity (Wildman–Crippen MR) is 118 cm³/mol. The van der Waals surface area contributed by atoms with Gasteiger partial charge in [-0.25, -0.2) is 0 Å². The SMILES string of the molecule is CCCCNC(=O)C(C1CCCC1)N(C(=O)c1ccccc1C)C1CCCCC1. The van der Waals surface area contributed by atoms with Gasteiger partial charge in [0.25, 0.3) is 5.91 Å². The van der Waals surface area contributed by atoms with Crippen molar-refractivity contribution >= 4 is 11.8 Å². The van der Waals surface area contributed by atoms with Crippen molar-refractivity contribution in [3.8, 4) is 0 Å². The van der Waals surface area contributed by atoms with E-state index in [9.17, 15) is 9.59 Å². The average molecular weight is 399 g/mol. The molecule has 0 radical (unpaired) electrons. The number of benzene rings is 1. The van der Waals surface area contributed by atoms with E-state index in [-0.39, 0.29) is 29.8 Å². The van der Waals surface area contributed by atoms with Crippen LogP contribution in [0.1, 0.15) is 93.5 Å². The van der Waals surface area contributed by atoms with Crippen LogP contribution in [0.2, 0.25) is 0 Å². The molecule has 0 heterocycles. The van der Waals surface area contributed by atoms with E-state index >= 15 is 0 Å². The maximum atomic E-state index is 13.8. The molecule has 3 rings (SSSR count). The van der Waals surface area contributed by atoms with E-state index in [4.69, 9.17) is 0 Å². The Kier molecular flexibility index (Phi) is 8.14. The molecule has 29 heavy (non-hydrogen) atoms. The van der Waals surface area contributed by atoms with E-state index in [1.165, 1.54) is 19.3 Å². The summed E-state index contributed by atoms with van der Waals surface area (Å²) in [5, 5.41) is 3.17. The van der Waals surface area contributed by atoms with Gasteiger partial charge in [-0.05, 0) is 56.6 Å². The molecule has 0 saturated heterocycles. The normalized spacial score (nSPS) is 19.1. The molecular formula is C25H38N2O2. The molecule has 2 amide bonds. The lowest BCUT2D eigenvalue weighted by molar-refractivity contribution is -0.128. The first-order valence-corrected chi connectivity index (χ1v) is 11.8. The Bertz CT molecular complexity index is 675. The molecule has 1 N–H and O–H groups in total. The standard InChI is InChI=1S/C25H38N2O2/c1-3-4-18-26-24(28)23(20-13-9-10-14-20)27(21-15-6-5-7-16-21)25(29)22-17-11-8-12-19(22)2/h8,11-12,17,20-21,23H,3-7,9-10,13-16,18H2,1-2H3,(H,26,28). The van der Waals surface area contributed by atoms with E-state index in [1.54, 1.807) is 0 Å². The van der Waals surface area contributed by atoms with Gasteiger partial charge in [0.15, 0.2) is 0 Å². The minimum atomic E-state index is -0.329. The molecule has 0 bridgehead atoms. The molecule has 4 nitrogen and oxygen atoms in total. The van der Waals surface area contributed by atoms with E-state index in [1.807, 2.05) is 36.1 Å².